The van der Waals surface area contributed by atoms with Crippen molar-refractivity contribution in [2.24, 2.45) is 0 Å². The first-order valence-electron chi connectivity index (χ1n) is 9.81. The van der Waals surface area contributed by atoms with Crippen molar-refractivity contribution in [3.63, 3.8) is 0 Å². The number of ether oxygens (including phenoxy) is 1. The summed E-state index contributed by atoms with van der Waals surface area (Å²) in [6.07, 6.45) is 0.532. The summed E-state index contributed by atoms with van der Waals surface area (Å²) >= 11 is 2.61. The number of halogens is 1. The predicted molar refractivity (Wildman–Crippen MR) is 125 cm³/mol. The molecule has 1 heterocycles. The van der Waals surface area contributed by atoms with Crippen LogP contribution in [0.1, 0.15) is 26.5 Å². The fourth-order valence-corrected chi connectivity index (χ4v) is 4.97. The number of rotatable bonds is 9. The average molecular weight is 475 g/mol. The number of anilines is 1. The standard InChI is InChI=1S/C23H23FN2O4S2/c1-14(27)25-19-12-16(15-4-7-17(24)8-5-15)6-9-20(19)30-11-10-18-13-31-22(26-18)32-23(2,3)21(28)29/h4-9,12-13H,10-11H2,1-3H3,(H,25,27)(H,28,29). The maximum Gasteiger partial charge on any atom is 0.319 e. The fraction of sp³-hybridized carbons (Fsp3) is 0.261. The molecule has 0 aliphatic carbocycles. The topological polar surface area (TPSA) is 88.5 Å². The Labute approximate surface area is 193 Å². The van der Waals surface area contributed by atoms with Gasteiger partial charge in [0.15, 0.2) is 4.34 Å². The van der Waals surface area contributed by atoms with Crippen molar-refractivity contribution in [2.45, 2.75) is 36.3 Å². The predicted octanol–water partition coefficient (Wildman–Crippen LogP) is 5.48. The van der Waals surface area contributed by atoms with Crippen LogP contribution in [-0.2, 0) is 16.0 Å². The van der Waals surface area contributed by atoms with Gasteiger partial charge in [0.25, 0.3) is 0 Å². The van der Waals surface area contributed by atoms with Crippen LogP contribution in [0, 0.1) is 5.82 Å². The number of carbonyl (C=O) groups is 2. The molecule has 0 fully saturated rings. The molecule has 2 N–H and O–H groups in total. The maximum atomic E-state index is 13.2. The van der Waals surface area contributed by atoms with Crippen LogP contribution in [0.15, 0.2) is 52.2 Å². The first-order valence-corrected chi connectivity index (χ1v) is 11.5. The van der Waals surface area contributed by atoms with Gasteiger partial charge in [-0.05, 0) is 49.2 Å². The molecule has 1 amide bonds. The van der Waals surface area contributed by atoms with E-state index in [1.54, 1.807) is 38.1 Å². The Bertz CT molecular complexity index is 1110. The monoisotopic (exact) mass is 474 g/mol. The first-order chi connectivity index (χ1) is 15.1. The van der Waals surface area contributed by atoms with E-state index in [1.807, 2.05) is 11.4 Å². The molecular formula is C23H23FN2O4S2. The lowest BCUT2D eigenvalue weighted by Crippen LogP contribution is -2.26. The van der Waals surface area contributed by atoms with Crippen molar-refractivity contribution >= 4 is 40.7 Å². The number of benzene rings is 2. The number of carbonyl (C=O) groups excluding carboxylic acids is 1. The molecule has 0 aliphatic rings. The van der Waals surface area contributed by atoms with E-state index in [2.05, 4.69) is 10.3 Å². The molecule has 0 aliphatic heterocycles. The van der Waals surface area contributed by atoms with Crippen LogP contribution in [0.5, 0.6) is 5.75 Å². The Morgan fingerprint density at radius 2 is 1.88 bits per heavy atom. The molecule has 0 radical (unpaired) electrons. The molecule has 1 aromatic heterocycles. The van der Waals surface area contributed by atoms with E-state index in [0.29, 0.717) is 28.8 Å². The molecule has 9 heteroatoms. The number of hydrogen-bond acceptors (Lipinski definition) is 6. The van der Waals surface area contributed by atoms with E-state index >= 15 is 0 Å². The SMILES string of the molecule is CC(=O)Nc1cc(-c2ccc(F)cc2)ccc1OCCc1csc(SC(C)(C)C(=O)O)n1. The van der Waals surface area contributed by atoms with Crippen LogP contribution in [-0.4, -0.2) is 33.3 Å². The second-order valence-corrected chi connectivity index (χ2v) is 10.2. The second kappa shape index (κ2) is 10.1. The highest BCUT2D eigenvalue weighted by Crippen LogP contribution is 2.35. The molecule has 0 unspecified atom stereocenters. The fourth-order valence-electron chi connectivity index (χ4n) is 2.74. The number of aromatic nitrogens is 1. The summed E-state index contributed by atoms with van der Waals surface area (Å²) in [5, 5.41) is 13.9. The zero-order chi connectivity index (χ0) is 23.3. The van der Waals surface area contributed by atoms with Gasteiger partial charge in [0, 0.05) is 18.7 Å². The van der Waals surface area contributed by atoms with Crippen molar-refractivity contribution in [1.82, 2.24) is 4.98 Å². The van der Waals surface area contributed by atoms with Crippen molar-refractivity contribution in [3.05, 3.63) is 59.4 Å². The number of aliphatic carboxylic acids is 1. The van der Waals surface area contributed by atoms with Gasteiger partial charge in [-0.3, -0.25) is 9.59 Å². The largest absolute Gasteiger partial charge is 0.491 e. The summed E-state index contributed by atoms with van der Waals surface area (Å²) in [5.74, 6) is -0.917. The molecule has 0 atom stereocenters. The van der Waals surface area contributed by atoms with Crippen LogP contribution in [0.3, 0.4) is 0 Å². The highest BCUT2D eigenvalue weighted by molar-refractivity contribution is 8.02. The van der Waals surface area contributed by atoms with E-state index in [1.165, 1.54) is 42.2 Å². The Balaban J connectivity index is 1.67. The number of nitrogens with one attached hydrogen (secondary N) is 1. The summed E-state index contributed by atoms with van der Waals surface area (Å²) in [4.78, 5) is 27.4. The molecule has 168 valence electrons. The zero-order valence-corrected chi connectivity index (χ0v) is 19.5. The Hall–Kier alpha value is -2.91. The number of thioether (sulfide) groups is 1. The summed E-state index contributed by atoms with van der Waals surface area (Å²) < 4.78 is 18.8. The third-order valence-corrected chi connectivity index (χ3v) is 6.64. The van der Waals surface area contributed by atoms with Gasteiger partial charge in [-0.2, -0.15) is 0 Å². The minimum atomic E-state index is -0.953. The van der Waals surface area contributed by atoms with Gasteiger partial charge in [0.1, 0.15) is 16.3 Å². The lowest BCUT2D eigenvalue weighted by atomic mass is 10.0. The van der Waals surface area contributed by atoms with Crippen molar-refractivity contribution < 1.29 is 23.8 Å². The highest BCUT2D eigenvalue weighted by Gasteiger charge is 2.29. The van der Waals surface area contributed by atoms with E-state index in [-0.39, 0.29) is 11.7 Å². The van der Waals surface area contributed by atoms with Gasteiger partial charge >= 0.3 is 5.97 Å². The Kier molecular flexibility index (Phi) is 7.52. The van der Waals surface area contributed by atoms with Gasteiger partial charge in [-0.25, -0.2) is 9.37 Å². The molecule has 3 aromatic rings. The van der Waals surface area contributed by atoms with Crippen molar-refractivity contribution in [2.75, 3.05) is 11.9 Å². The van der Waals surface area contributed by atoms with Gasteiger partial charge in [0.2, 0.25) is 5.91 Å². The molecule has 3 rings (SSSR count). The van der Waals surface area contributed by atoms with Crippen LogP contribution >= 0.6 is 23.1 Å². The highest BCUT2D eigenvalue weighted by atomic mass is 32.2. The van der Waals surface area contributed by atoms with E-state index in [9.17, 15) is 19.1 Å². The third-order valence-electron chi connectivity index (χ3n) is 4.47. The summed E-state index contributed by atoms with van der Waals surface area (Å²) in [7, 11) is 0. The minimum absolute atomic E-state index is 0.228. The Morgan fingerprint density at radius 3 is 2.53 bits per heavy atom. The molecule has 6 nitrogen and oxygen atoms in total. The number of carboxylic acid groups (broad SMARTS) is 1. The van der Waals surface area contributed by atoms with Gasteiger partial charge in [-0.15, -0.1) is 11.3 Å². The molecule has 2 aromatic carbocycles. The normalized spacial score (nSPS) is 11.2. The number of thiazole rings is 1. The summed E-state index contributed by atoms with van der Waals surface area (Å²) in [5.41, 5.74) is 2.98. The molecule has 0 spiro atoms. The minimum Gasteiger partial charge on any atom is -0.491 e. The molecular weight excluding hydrogens is 451 g/mol. The lowest BCUT2D eigenvalue weighted by molar-refractivity contribution is -0.138. The van der Waals surface area contributed by atoms with Crippen LogP contribution in [0.2, 0.25) is 0 Å². The quantitative estimate of drug-likeness (QED) is 0.399. The van der Waals surface area contributed by atoms with Gasteiger partial charge in [0.05, 0.1) is 18.0 Å². The molecule has 0 bridgehead atoms. The van der Waals surface area contributed by atoms with Gasteiger partial charge in [-0.1, -0.05) is 30.0 Å². The summed E-state index contributed by atoms with van der Waals surface area (Å²) in [6, 6.07) is 11.5. The zero-order valence-electron chi connectivity index (χ0n) is 17.8. The molecule has 32 heavy (non-hydrogen) atoms. The van der Waals surface area contributed by atoms with Crippen LogP contribution in [0.25, 0.3) is 11.1 Å². The van der Waals surface area contributed by atoms with Crippen molar-refractivity contribution in [3.8, 4) is 16.9 Å². The lowest BCUT2D eigenvalue weighted by Gasteiger charge is -2.15. The van der Waals surface area contributed by atoms with E-state index in [0.717, 1.165) is 16.8 Å². The Morgan fingerprint density at radius 1 is 1.19 bits per heavy atom. The molecule has 0 saturated carbocycles. The average Bonchev–Trinajstić information content (AvgIpc) is 3.15. The van der Waals surface area contributed by atoms with E-state index in [4.69, 9.17) is 4.74 Å². The van der Waals surface area contributed by atoms with Gasteiger partial charge < -0.3 is 15.2 Å². The molecule has 0 saturated heterocycles. The van der Waals surface area contributed by atoms with Crippen molar-refractivity contribution in [1.29, 1.82) is 0 Å². The van der Waals surface area contributed by atoms with Crippen LogP contribution < -0.4 is 10.1 Å². The third kappa shape index (κ3) is 6.30. The number of amides is 1. The maximum absolute atomic E-state index is 13.2. The first kappa shape index (κ1) is 23.7. The number of hydrogen-bond donors (Lipinski definition) is 2. The van der Waals surface area contributed by atoms with E-state index < -0.39 is 10.7 Å². The van der Waals surface area contributed by atoms with Crippen LogP contribution in [0.4, 0.5) is 10.1 Å². The number of carboxylic acids is 1. The second-order valence-electron chi connectivity index (χ2n) is 7.52. The smallest absolute Gasteiger partial charge is 0.319 e. The number of nitrogens with zero attached hydrogens (tertiary/aromatic N) is 1. The summed E-state index contributed by atoms with van der Waals surface area (Å²) in [6.45, 7) is 5.03.